The van der Waals surface area contributed by atoms with Crippen LogP contribution in [0.5, 0.6) is 0 Å². The second-order valence-electron chi connectivity index (χ2n) is 13.5. The van der Waals surface area contributed by atoms with Crippen LogP contribution in [0.3, 0.4) is 0 Å². The molecule has 0 aromatic heterocycles. The van der Waals surface area contributed by atoms with Crippen LogP contribution < -0.4 is 10.2 Å². The molecule has 2 unspecified atom stereocenters. The second-order valence-corrected chi connectivity index (χ2v) is 13.5. The van der Waals surface area contributed by atoms with E-state index < -0.39 is 29.8 Å². The van der Waals surface area contributed by atoms with Crippen LogP contribution in [0.15, 0.2) is 54.6 Å². The van der Waals surface area contributed by atoms with Gasteiger partial charge in [-0.2, -0.15) is 0 Å². The lowest BCUT2D eigenvalue weighted by Gasteiger charge is -2.31. The van der Waals surface area contributed by atoms with Gasteiger partial charge in [0.2, 0.25) is 11.8 Å². The summed E-state index contributed by atoms with van der Waals surface area (Å²) in [7, 11) is 3.85. The fourth-order valence-corrected chi connectivity index (χ4v) is 7.55. The van der Waals surface area contributed by atoms with Gasteiger partial charge in [0.1, 0.15) is 24.2 Å². The first-order valence-electron chi connectivity index (χ1n) is 16.2. The molecule has 3 saturated heterocycles. The van der Waals surface area contributed by atoms with E-state index in [4.69, 9.17) is 4.74 Å². The largest absolute Gasteiger partial charge is 0.445 e. The normalized spacial score (nSPS) is 26.7. The predicted molar refractivity (Wildman–Crippen MR) is 171 cm³/mol. The highest BCUT2D eigenvalue weighted by atomic mass is 16.6. The Morgan fingerprint density at radius 2 is 1.67 bits per heavy atom. The molecule has 3 heterocycles. The summed E-state index contributed by atoms with van der Waals surface area (Å²) < 4.78 is 5.52. The second kappa shape index (κ2) is 12.4. The van der Waals surface area contributed by atoms with Crippen molar-refractivity contribution in [1.82, 2.24) is 20.0 Å². The van der Waals surface area contributed by atoms with Crippen molar-refractivity contribution in [3.8, 4) is 0 Å². The van der Waals surface area contributed by atoms with Gasteiger partial charge in [-0.3, -0.25) is 24.1 Å². The van der Waals surface area contributed by atoms with Crippen LogP contribution in [0.1, 0.15) is 55.5 Å². The van der Waals surface area contributed by atoms with Gasteiger partial charge in [0, 0.05) is 38.4 Å². The van der Waals surface area contributed by atoms with Gasteiger partial charge in [-0.1, -0.05) is 44.2 Å². The van der Waals surface area contributed by atoms with E-state index >= 15 is 0 Å². The zero-order valence-corrected chi connectivity index (χ0v) is 27.0. The molecule has 0 bridgehead atoms. The predicted octanol–water partition coefficient (Wildman–Crippen LogP) is 3.08. The molecule has 2 aromatic rings. The van der Waals surface area contributed by atoms with Crippen molar-refractivity contribution >= 4 is 35.3 Å². The summed E-state index contributed by atoms with van der Waals surface area (Å²) in [6.07, 6.45) is 1.56. The number of rotatable bonds is 8. The van der Waals surface area contributed by atoms with Crippen molar-refractivity contribution < 1.29 is 28.7 Å². The van der Waals surface area contributed by atoms with E-state index in [1.165, 1.54) is 4.90 Å². The van der Waals surface area contributed by atoms with Crippen molar-refractivity contribution in [2.45, 2.75) is 69.8 Å². The van der Waals surface area contributed by atoms with Gasteiger partial charge in [0.25, 0.3) is 5.91 Å². The van der Waals surface area contributed by atoms with E-state index in [0.717, 1.165) is 11.3 Å². The van der Waals surface area contributed by atoms with Gasteiger partial charge in [-0.25, -0.2) is 4.79 Å². The van der Waals surface area contributed by atoms with Gasteiger partial charge < -0.3 is 24.8 Å². The third-order valence-corrected chi connectivity index (χ3v) is 10.1. The van der Waals surface area contributed by atoms with E-state index in [2.05, 4.69) is 5.32 Å². The number of hydrogen-bond donors (Lipinski definition) is 1. The molecular weight excluding hydrogens is 586 g/mol. The Morgan fingerprint density at radius 3 is 2.33 bits per heavy atom. The number of carbonyl (C=O) groups is 5. The van der Waals surface area contributed by atoms with Crippen molar-refractivity contribution in [2.24, 2.45) is 11.8 Å². The van der Waals surface area contributed by atoms with Gasteiger partial charge in [-0.05, 0) is 67.3 Å². The van der Waals surface area contributed by atoms with Gasteiger partial charge in [0.15, 0.2) is 5.78 Å². The van der Waals surface area contributed by atoms with Crippen LogP contribution in [0.2, 0.25) is 0 Å². The lowest BCUT2D eigenvalue weighted by atomic mass is 10.0. The Labute approximate surface area is 269 Å². The Morgan fingerprint density at radius 1 is 0.957 bits per heavy atom. The standard InChI is InChI=1S/C35H43N5O6/c1-22(2)26-19-35(26,36-31(42)24-12-14-25(15-13-24)37(3)4)33(44)39-18-16-27-30(39)29(41)20-40(27)32(43)28-11-8-17-38(28)34(45)46-21-23-9-6-5-7-10-23/h5-7,9-10,12-15,22,26-28,30H,8,11,16-21H2,1-4H3,(H,36,42)/t26?,27-,28-,30+,35?/m1/s1. The summed E-state index contributed by atoms with van der Waals surface area (Å²) in [5, 5.41) is 3.06. The average molecular weight is 630 g/mol. The van der Waals surface area contributed by atoms with E-state index in [-0.39, 0.29) is 48.5 Å². The number of fused-ring (bicyclic) bond motifs is 1. The number of ketones is 1. The van der Waals surface area contributed by atoms with Gasteiger partial charge >= 0.3 is 6.09 Å². The first-order chi connectivity index (χ1) is 22.0. The molecule has 4 fully saturated rings. The van der Waals surface area contributed by atoms with Crippen LogP contribution >= 0.6 is 0 Å². The van der Waals surface area contributed by atoms with Crippen molar-refractivity contribution in [3.63, 3.8) is 0 Å². The lowest BCUT2D eigenvalue weighted by molar-refractivity contribution is -0.139. The zero-order chi connectivity index (χ0) is 32.7. The third-order valence-electron chi connectivity index (χ3n) is 10.1. The van der Waals surface area contributed by atoms with E-state index in [1.807, 2.05) is 75.3 Å². The maximum atomic E-state index is 14.3. The van der Waals surface area contributed by atoms with Crippen LogP contribution in [0.4, 0.5) is 10.5 Å². The highest BCUT2D eigenvalue weighted by molar-refractivity contribution is 6.04. The molecule has 46 heavy (non-hydrogen) atoms. The minimum Gasteiger partial charge on any atom is -0.445 e. The number of amides is 4. The molecule has 0 radical (unpaired) electrons. The average Bonchev–Trinajstić information content (AvgIpc) is 3.36. The molecule has 1 saturated carbocycles. The molecule has 244 valence electrons. The molecule has 5 atom stereocenters. The summed E-state index contributed by atoms with van der Waals surface area (Å²) in [4.78, 5) is 74.6. The van der Waals surface area contributed by atoms with E-state index in [1.54, 1.807) is 21.9 Å². The highest BCUT2D eigenvalue weighted by Gasteiger charge is 2.66. The maximum Gasteiger partial charge on any atom is 0.410 e. The number of hydrogen-bond acceptors (Lipinski definition) is 7. The quantitative estimate of drug-likeness (QED) is 0.477. The number of likely N-dealkylation sites (tertiary alicyclic amines) is 3. The highest BCUT2D eigenvalue weighted by Crippen LogP contribution is 2.51. The molecule has 4 aliphatic rings. The molecule has 6 rings (SSSR count). The maximum absolute atomic E-state index is 14.3. The summed E-state index contributed by atoms with van der Waals surface area (Å²) in [6.45, 7) is 4.79. The Bertz CT molecular complexity index is 1510. The van der Waals surface area contributed by atoms with Crippen LogP contribution in [0.25, 0.3) is 0 Å². The lowest BCUT2D eigenvalue weighted by Crippen LogP contribution is -2.55. The fourth-order valence-electron chi connectivity index (χ4n) is 7.55. The summed E-state index contributed by atoms with van der Waals surface area (Å²) in [5.74, 6) is -0.972. The molecule has 4 amide bonds. The summed E-state index contributed by atoms with van der Waals surface area (Å²) in [6, 6.07) is 14.6. The number of benzene rings is 2. The zero-order valence-electron chi connectivity index (χ0n) is 27.0. The molecule has 3 aliphatic heterocycles. The van der Waals surface area contributed by atoms with Crippen LogP contribution in [-0.2, 0) is 25.7 Å². The topological polar surface area (TPSA) is 120 Å². The fraction of sp³-hybridized carbons (Fsp3) is 0.514. The third kappa shape index (κ3) is 5.71. The minimum absolute atomic E-state index is 0.0627. The molecule has 2 aromatic carbocycles. The molecule has 11 nitrogen and oxygen atoms in total. The molecule has 0 spiro atoms. The smallest absolute Gasteiger partial charge is 0.410 e. The van der Waals surface area contributed by atoms with Gasteiger partial charge in [-0.15, -0.1) is 0 Å². The number of Topliss-reactive ketones (excluding diaryl/α,β-unsaturated/α-hetero) is 1. The van der Waals surface area contributed by atoms with Crippen LogP contribution in [-0.4, -0.2) is 102 Å². The number of nitrogens with one attached hydrogen (secondary N) is 1. The molecule has 11 heteroatoms. The minimum atomic E-state index is -1.09. The van der Waals surface area contributed by atoms with Crippen molar-refractivity contribution in [3.05, 3.63) is 65.7 Å². The van der Waals surface area contributed by atoms with Crippen molar-refractivity contribution in [2.75, 3.05) is 38.6 Å². The number of ether oxygens (including phenoxy) is 1. The SMILES string of the molecule is CC(C)C1CC1(NC(=O)c1ccc(N(C)C)cc1)C(=O)N1CC[C@@H]2[C@H]1C(=O)CN2C(=O)[C@H]1CCCN1C(=O)OCc1ccccc1. The Kier molecular flexibility index (Phi) is 8.52. The number of carbonyl (C=O) groups excluding carboxylic acids is 5. The van der Waals surface area contributed by atoms with E-state index in [0.29, 0.717) is 44.3 Å². The number of nitrogens with zero attached hydrogens (tertiary/aromatic N) is 4. The summed E-state index contributed by atoms with van der Waals surface area (Å²) >= 11 is 0. The van der Waals surface area contributed by atoms with E-state index in [9.17, 15) is 24.0 Å². The number of anilines is 1. The van der Waals surface area contributed by atoms with Gasteiger partial charge in [0.05, 0.1) is 12.6 Å². The van der Waals surface area contributed by atoms with Crippen LogP contribution in [0, 0.1) is 11.8 Å². The summed E-state index contributed by atoms with van der Waals surface area (Å²) in [5.41, 5.74) is 1.18. The van der Waals surface area contributed by atoms with Crippen molar-refractivity contribution in [1.29, 1.82) is 0 Å². The molecular formula is C35H43N5O6. The molecule has 1 aliphatic carbocycles. The monoisotopic (exact) mass is 629 g/mol. The molecule has 1 N–H and O–H groups in total. The first kappa shape index (κ1) is 31.6. The first-order valence-corrected chi connectivity index (χ1v) is 16.2. The Hall–Kier alpha value is -4.41. The Balaban J connectivity index is 1.14.